The molecular formula is C19H24N2O2. The first-order valence-corrected chi connectivity index (χ1v) is 8.36. The van der Waals surface area contributed by atoms with Crippen molar-refractivity contribution in [2.24, 2.45) is 0 Å². The molecule has 0 spiro atoms. The molecule has 0 saturated carbocycles. The lowest BCUT2D eigenvalue weighted by molar-refractivity contribution is -0.139. The number of fused-ring (bicyclic) bond motifs is 1. The van der Waals surface area contributed by atoms with E-state index in [4.69, 9.17) is 4.74 Å². The van der Waals surface area contributed by atoms with Gasteiger partial charge in [0.05, 0.1) is 0 Å². The molecule has 1 saturated heterocycles. The fourth-order valence-electron chi connectivity index (χ4n) is 3.46. The summed E-state index contributed by atoms with van der Waals surface area (Å²) in [6.45, 7) is 6.27. The van der Waals surface area contributed by atoms with Gasteiger partial charge in [-0.2, -0.15) is 0 Å². The first-order valence-electron chi connectivity index (χ1n) is 8.36. The first kappa shape index (κ1) is 15.8. The Morgan fingerprint density at radius 2 is 1.96 bits per heavy atom. The fraction of sp³-hybridized carbons (Fsp3) is 0.474. The summed E-state index contributed by atoms with van der Waals surface area (Å²) in [7, 11) is 0. The van der Waals surface area contributed by atoms with Crippen molar-refractivity contribution in [2.45, 2.75) is 52.1 Å². The molecular weight excluding hydrogens is 288 g/mol. The minimum atomic E-state index is 0.0642. The van der Waals surface area contributed by atoms with Crippen LogP contribution in [0.3, 0.4) is 0 Å². The average molecular weight is 312 g/mol. The lowest BCUT2D eigenvalue weighted by atomic mass is 9.97. The number of hydrogen-bond donors (Lipinski definition) is 0. The van der Waals surface area contributed by atoms with Gasteiger partial charge in [0.25, 0.3) is 5.91 Å². The lowest BCUT2D eigenvalue weighted by Gasteiger charge is -2.39. The van der Waals surface area contributed by atoms with E-state index in [9.17, 15) is 4.79 Å². The molecule has 0 radical (unpaired) electrons. The van der Waals surface area contributed by atoms with Crippen molar-refractivity contribution < 1.29 is 9.53 Å². The van der Waals surface area contributed by atoms with Crippen molar-refractivity contribution in [3.8, 4) is 5.75 Å². The monoisotopic (exact) mass is 312 g/mol. The molecule has 2 aromatic rings. The highest BCUT2D eigenvalue weighted by Gasteiger charge is 2.29. The molecule has 1 aromatic heterocycles. The van der Waals surface area contributed by atoms with E-state index in [-0.39, 0.29) is 12.5 Å². The van der Waals surface area contributed by atoms with Crippen molar-refractivity contribution in [3.05, 3.63) is 36.0 Å². The van der Waals surface area contributed by atoms with Crippen molar-refractivity contribution in [2.75, 3.05) is 6.61 Å². The van der Waals surface area contributed by atoms with Crippen LogP contribution in [-0.2, 0) is 4.79 Å². The summed E-state index contributed by atoms with van der Waals surface area (Å²) in [6.07, 6.45) is 3.34. The van der Waals surface area contributed by atoms with E-state index in [1.165, 1.54) is 6.42 Å². The molecule has 1 fully saturated rings. The maximum absolute atomic E-state index is 12.6. The number of aromatic nitrogens is 1. The number of benzene rings is 1. The predicted octanol–water partition coefficient (Wildman–Crippen LogP) is 3.71. The van der Waals surface area contributed by atoms with E-state index >= 15 is 0 Å². The topological polar surface area (TPSA) is 42.4 Å². The van der Waals surface area contributed by atoms with Crippen LogP contribution in [0.1, 0.15) is 38.8 Å². The molecule has 23 heavy (non-hydrogen) atoms. The Bertz CT molecular complexity index is 704. The van der Waals surface area contributed by atoms with Gasteiger partial charge in [-0.25, -0.2) is 4.98 Å². The summed E-state index contributed by atoms with van der Waals surface area (Å²) in [5.74, 6) is 0.742. The van der Waals surface area contributed by atoms with Crippen LogP contribution in [0.25, 0.3) is 10.9 Å². The molecule has 0 unspecified atom stereocenters. The van der Waals surface area contributed by atoms with Crippen LogP contribution in [0.2, 0.25) is 0 Å². The van der Waals surface area contributed by atoms with Crippen LogP contribution in [0.5, 0.6) is 5.75 Å². The van der Waals surface area contributed by atoms with Gasteiger partial charge in [0.1, 0.15) is 11.3 Å². The second kappa shape index (κ2) is 6.57. The number of nitrogens with zero attached hydrogens (tertiary/aromatic N) is 2. The molecule has 4 nitrogen and oxygen atoms in total. The van der Waals surface area contributed by atoms with Crippen LogP contribution >= 0.6 is 0 Å². The zero-order chi connectivity index (χ0) is 16.4. The Kier molecular flexibility index (Phi) is 4.51. The number of pyridine rings is 1. The maximum Gasteiger partial charge on any atom is 0.260 e. The smallest absolute Gasteiger partial charge is 0.260 e. The normalized spacial score (nSPS) is 21.4. The number of para-hydroxylation sites is 1. The van der Waals surface area contributed by atoms with E-state index in [0.717, 1.165) is 29.4 Å². The third-order valence-corrected chi connectivity index (χ3v) is 4.66. The van der Waals surface area contributed by atoms with E-state index in [1.54, 1.807) is 0 Å². The molecule has 1 aliphatic heterocycles. The molecule has 1 aromatic carbocycles. The number of piperidine rings is 1. The standard InChI is InChI=1S/C19H24N2O2/c1-13-10-11-16-8-5-9-17(19(16)20-13)23-12-18(22)21-14(2)6-4-7-15(21)3/h5,8-11,14-15H,4,6-7,12H2,1-3H3/t14-,15-/m1/s1. The highest BCUT2D eigenvalue weighted by molar-refractivity contribution is 5.85. The van der Waals surface area contributed by atoms with Crippen LogP contribution in [0.4, 0.5) is 0 Å². The van der Waals surface area contributed by atoms with E-state index in [1.807, 2.05) is 42.2 Å². The largest absolute Gasteiger partial charge is 0.481 e. The van der Waals surface area contributed by atoms with Gasteiger partial charge >= 0.3 is 0 Å². The second-order valence-electron chi connectivity index (χ2n) is 6.50. The quantitative estimate of drug-likeness (QED) is 0.867. The van der Waals surface area contributed by atoms with Crippen molar-refractivity contribution >= 4 is 16.8 Å². The van der Waals surface area contributed by atoms with Gasteiger partial charge < -0.3 is 9.64 Å². The van der Waals surface area contributed by atoms with Crippen LogP contribution in [0, 0.1) is 6.92 Å². The maximum atomic E-state index is 12.6. The van der Waals surface area contributed by atoms with Gasteiger partial charge in [0, 0.05) is 23.2 Å². The summed E-state index contributed by atoms with van der Waals surface area (Å²) in [6, 6.07) is 10.4. The van der Waals surface area contributed by atoms with Gasteiger partial charge in [0.15, 0.2) is 6.61 Å². The van der Waals surface area contributed by atoms with Gasteiger partial charge in [-0.05, 0) is 52.2 Å². The number of carbonyl (C=O) groups excluding carboxylic acids is 1. The third-order valence-electron chi connectivity index (χ3n) is 4.66. The van der Waals surface area contributed by atoms with Gasteiger partial charge in [-0.3, -0.25) is 4.79 Å². The van der Waals surface area contributed by atoms with E-state index in [2.05, 4.69) is 18.8 Å². The summed E-state index contributed by atoms with van der Waals surface area (Å²) in [5, 5.41) is 1.03. The molecule has 2 atom stereocenters. The van der Waals surface area contributed by atoms with Crippen LogP contribution < -0.4 is 4.74 Å². The number of ether oxygens (including phenoxy) is 1. The van der Waals surface area contributed by atoms with Gasteiger partial charge in [0.2, 0.25) is 0 Å². The summed E-state index contributed by atoms with van der Waals surface area (Å²) < 4.78 is 5.83. The molecule has 4 heteroatoms. The average Bonchev–Trinajstić information content (AvgIpc) is 2.52. The molecule has 122 valence electrons. The number of aryl methyl sites for hydroxylation is 1. The molecule has 1 aliphatic rings. The zero-order valence-electron chi connectivity index (χ0n) is 14.1. The van der Waals surface area contributed by atoms with Crippen molar-refractivity contribution in [3.63, 3.8) is 0 Å². The molecule has 0 aliphatic carbocycles. The predicted molar refractivity (Wildman–Crippen MR) is 91.6 cm³/mol. The van der Waals surface area contributed by atoms with Crippen molar-refractivity contribution in [1.82, 2.24) is 9.88 Å². The SMILES string of the molecule is Cc1ccc2cccc(OCC(=O)N3[C@H](C)CCC[C@H]3C)c2n1. The number of carbonyl (C=O) groups is 1. The third kappa shape index (κ3) is 3.31. The zero-order valence-corrected chi connectivity index (χ0v) is 14.1. The fourth-order valence-corrected chi connectivity index (χ4v) is 3.46. The van der Waals surface area contributed by atoms with Crippen molar-refractivity contribution in [1.29, 1.82) is 0 Å². The summed E-state index contributed by atoms with van der Waals surface area (Å²) in [5.41, 5.74) is 1.76. The minimum absolute atomic E-state index is 0.0642. The molecule has 0 N–H and O–H groups in total. The Morgan fingerprint density at radius 1 is 1.22 bits per heavy atom. The Balaban J connectivity index is 1.75. The van der Waals surface area contributed by atoms with Crippen LogP contribution in [0.15, 0.2) is 30.3 Å². The molecule has 2 heterocycles. The Morgan fingerprint density at radius 3 is 2.70 bits per heavy atom. The molecule has 3 rings (SSSR count). The first-order chi connectivity index (χ1) is 11.1. The number of likely N-dealkylation sites (tertiary alicyclic amines) is 1. The second-order valence-corrected chi connectivity index (χ2v) is 6.50. The molecule has 0 bridgehead atoms. The summed E-state index contributed by atoms with van der Waals surface area (Å²) >= 11 is 0. The van der Waals surface area contributed by atoms with Crippen LogP contribution in [-0.4, -0.2) is 34.5 Å². The summed E-state index contributed by atoms with van der Waals surface area (Å²) in [4.78, 5) is 19.1. The minimum Gasteiger partial charge on any atom is -0.481 e. The van der Waals surface area contributed by atoms with Gasteiger partial charge in [-0.1, -0.05) is 18.2 Å². The lowest BCUT2D eigenvalue weighted by Crippen LogP contribution is -2.49. The Hall–Kier alpha value is -2.10. The Labute approximate surface area is 137 Å². The number of amides is 1. The number of rotatable bonds is 3. The molecule has 1 amide bonds. The highest BCUT2D eigenvalue weighted by atomic mass is 16.5. The highest BCUT2D eigenvalue weighted by Crippen LogP contribution is 2.25. The number of hydrogen-bond acceptors (Lipinski definition) is 3. The van der Waals surface area contributed by atoms with Gasteiger partial charge in [-0.15, -0.1) is 0 Å². The van der Waals surface area contributed by atoms with E-state index in [0.29, 0.717) is 17.8 Å². The van der Waals surface area contributed by atoms with E-state index < -0.39 is 0 Å².